The van der Waals surface area contributed by atoms with Crippen LogP contribution in [0.4, 0.5) is 45.5 Å². The molecule has 1 aromatic heterocycles. The first-order valence-electron chi connectivity index (χ1n) is 22.1. The number of aromatic nitrogens is 2. The van der Waals surface area contributed by atoms with Gasteiger partial charge in [0.2, 0.25) is 0 Å². The van der Waals surface area contributed by atoms with E-state index >= 15 is 0 Å². The normalized spacial score (nSPS) is 15.2. The van der Waals surface area contributed by atoms with Crippen LogP contribution in [0.2, 0.25) is 0 Å². The second-order valence-electron chi connectivity index (χ2n) is 16.2. The molecule has 10 rings (SSSR count). The number of rotatable bonds is 7. The first kappa shape index (κ1) is 41.2. The predicted molar refractivity (Wildman–Crippen MR) is 271 cm³/mol. The highest BCUT2D eigenvalue weighted by atomic mass is 15.3. The first-order chi connectivity index (χ1) is 32.5. The molecule has 66 heavy (non-hydrogen) atoms. The molecule has 0 atom stereocenters. The Morgan fingerprint density at radius 2 is 1.36 bits per heavy atom. The first-order valence-corrected chi connectivity index (χ1v) is 22.1. The van der Waals surface area contributed by atoms with Gasteiger partial charge in [-0.15, -0.1) is 6.42 Å². The van der Waals surface area contributed by atoms with Gasteiger partial charge in [-0.3, -0.25) is 0 Å². The molecule has 0 bridgehead atoms. The van der Waals surface area contributed by atoms with E-state index in [-0.39, 0.29) is 0 Å². The number of benzene rings is 5. The molecule has 0 spiro atoms. The molecule has 5 aromatic carbocycles. The number of hydrogen-bond donors (Lipinski definition) is 0. The highest BCUT2D eigenvalue weighted by Crippen LogP contribution is 2.53. The van der Waals surface area contributed by atoms with E-state index in [0.29, 0.717) is 36.3 Å². The monoisotopic (exact) mass is 851 g/mol. The third-order valence-electron chi connectivity index (χ3n) is 12.2. The Morgan fingerprint density at radius 1 is 0.697 bits per heavy atom. The lowest BCUT2D eigenvalue weighted by atomic mass is 9.97. The molecule has 0 N–H and O–H groups in total. The molecular formula is C59H45N7. The highest BCUT2D eigenvalue weighted by molar-refractivity contribution is 6.00. The number of terminal acetylenes is 1. The van der Waals surface area contributed by atoms with Crippen molar-refractivity contribution in [2.24, 2.45) is 0 Å². The average Bonchev–Trinajstić information content (AvgIpc) is 3.60. The molecule has 7 heteroatoms. The number of fused-ring (bicyclic) bond motifs is 3. The van der Waals surface area contributed by atoms with Gasteiger partial charge in [-0.05, 0) is 111 Å². The van der Waals surface area contributed by atoms with Crippen LogP contribution in [-0.2, 0) is 0 Å². The second kappa shape index (κ2) is 17.7. The standard InChI is InChI=1S/C59H45N7/c1-5-7-23-44(6-2)63-50-29-15-19-33-56(50)66(57-34-20-16-30-51(57)63)47-37-38-48(41(3)39-47)59-58(62-49(40-60)42(4)61-59)43-22-21-26-46(36-35-43)65-53-28-14-9-8-13-27-52(53)64(45-24-11-10-12-25-45)54-31-17-18-32-55(54)65/h1,6-7,10-12,14-25,28-39H,9,26-27H2,2-4H3/b23-7-,28-14?,44-6+. The van der Waals surface area contributed by atoms with Crippen molar-refractivity contribution in [3.63, 3.8) is 0 Å². The summed E-state index contributed by atoms with van der Waals surface area (Å²) in [5, 5.41) is 10.3. The van der Waals surface area contributed by atoms with Gasteiger partial charge in [0.15, 0.2) is 5.69 Å². The van der Waals surface area contributed by atoms with Crippen LogP contribution in [0.5, 0.6) is 0 Å². The van der Waals surface area contributed by atoms with E-state index in [0.717, 1.165) is 90.7 Å². The molecule has 2 aliphatic heterocycles. The third kappa shape index (κ3) is 7.28. The van der Waals surface area contributed by atoms with Crippen molar-refractivity contribution >= 4 is 51.1 Å². The summed E-state index contributed by atoms with van der Waals surface area (Å²) in [5.41, 5.74) is 17.8. The van der Waals surface area contributed by atoms with Gasteiger partial charge in [-0.1, -0.05) is 109 Å². The predicted octanol–water partition coefficient (Wildman–Crippen LogP) is 14.1. The smallest absolute Gasteiger partial charge is 0.162 e. The minimum absolute atomic E-state index is 0.302. The average molecular weight is 852 g/mol. The molecule has 0 saturated heterocycles. The Bertz CT molecular complexity index is 3270. The van der Waals surface area contributed by atoms with Gasteiger partial charge in [0, 0.05) is 46.7 Å². The summed E-state index contributed by atoms with van der Waals surface area (Å²) in [7, 11) is 0. The van der Waals surface area contributed by atoms with Crippen LogP contribution >= 0.6 is 0 Å². The van der Waals surface area contributed by atoms with E-state index in [9.17, 15) is 5.26 Å². The number of para-hydroxylation sites is 7. The second-order valence-corrected chi connectivity index (χ2v) is 16.2. The largest absolute Gasteiger partial charge is 0.310 e. The van der Waals surface area contributed by atoms with Crippen molar-refractivity contribution in [1.29, 1.82) is 5.26 Å². The Labute approximate surface area is 387 Å². The fourth-order valence-electron chi connectivity index (χ4n) is 9.27. The van der Waals surface area contributed by atoms with Gasteiger partial charge in [0.25, 0.3) is 0 Å². The molecule has 0 fully saturated rings. The fourth-order valence-corrected chi connectivity index (χ4v) is 9.27. The van der Waals surface area contributed by atoms with E-state index in [1.165, 1.54) is 0 Å². The maximum Gasteiger partial charge on any atom is 0.162 e. The van der Waals surface area contributed by atoms with Crippen LogP contribution in [0.25, 0.3) is 16.8 Å². The quantitative estimate of drug-likeness (QED) is 0.117. The molecule has 0 saturated carbocycles. The van der Waals surface area contributed by atoms with Crippen LogP contribution in [0, 0.1) is 49.4 Å². The van der Waals surface area contributed by atoms with Gasteiger partial charge in [-0.25, -0.2) is 9.97 Å². The number of nitriles is 1. The molecular weight excluding hydrogens is 807 g/mol. The van der Waals surface area contributed by atoms with Gasteiger partial charge in [0.1, 0.15) is 6.07 Å². The number of anilines is 8. The SMILES string of the molecule is C#C/C=C\C(=C/C)N1c2ccccc2N(c2ccc(-c3nc(C)c(C#N)nc3C3=CC=C(N4C5=C(CC#CCC=C5)N(c5ccccc5)c5ccccc54)CC=C3)c(C)c2)c2ccccc21. The number of hydrogen-bond acceptors (Lipinski definition) is 7. The maximum atomic E-state index is 10.3. The Kier molecular flexibility index (Phi) is 11.1. The fraction of sp³-hybridized carbons (Fsp3) is 0.102. The van der Waals surface area contributed by atoms with Gasteiger partial charge in [-0.2, -0.15) is 5.26 Å². The minimum atomic E-state index is 0.302. The lowest BCUT2D eigenvalue weighted by molar-refractivity contribution is 0.940. The van der Waals surface area contributed by atoms with E-state index in [1.54, 1.807) is 6.08 Å². The molecule has 0 amide bonds. The zero-order chi connectivity index (χ0) is 45.1. The van der Waals surface area contributed by atoms with Gasteiger partial charge in [0.05, 0.1) is 69.0 Å². The van der Waals surface area contributed by atoms with Gasteiger partial charge < -0.3 is 19.6 Å². The number of nitrogens with zero attached hydrogens (tertiary/aromatic N) is 7. The molecule has 7 nitrogen and oxygen atoms in total. The van der Waals surface area contributed by atoms with Crippen molar-refractivity contribution in [2.45, 2.75) is 40.0 Å². The highest BCUT2D eigenvalue weighted by Gasteiger charge is 2.33. The summed E-state index contributed by atoms with van der Waals surface area (Å²) >= 11 is 0. The molecule has 4 aliphatic rings. The molecule has 2 aliphatic carbocycles. The maximum absolute atomic E-state index is 10.3. The summed E-state index contributed by atoms with van der Waals surface area (Å²) in [6.45, 7) is 6.00. The van der Waals surface area contributed by atoms with Crippen molar-refractivity contribution in [3.8, 4) is 41.5 Å². The third-order valence-corrected chi connectivity index (χ3v) is 12.2. The van der Waals surface area contributed by atoms with E-state index in [4.69, 9.17) is 16.4 Å². The van der Waals surface area contributed by atoms with E-state index in [2.05, 4.69) is 214 Å². The summed E-state index contributed by atoms with van der Waals surface area (Å²) in [5.74, 6) is 9.41. The summed E-state index contributed by atoms with van der Waals surface area (Å²) in [6.07, 6.45) is 26.4. The van der Waals surface area contributed by atoms with Crippen molar-refractivity contribution in [2.75, 3.05) is 19.6 Å². The van der Waals surface area contributed by atoms with Crippen LogP contribution < -0.4 is 19.6 Å². The van der Waals surface area contributed by atoms with Crippen LogP contribution in [0.15, 0.2) is 199 Å². The van der Waals surface area contributed by atoms with E-state index in [1.807, 2.05) is 19.9 Å². The lowest BCUT2D eigenvalue weighted by Crippen LogP contribution is -2.33. The molecule has 6 aromatic rings. The zero-order valence-electron chi connectivity index (χ0n) is 37.1. The summed E-state index contributed by atoms with van der Waals surface area (Å²) < 4.78 is 0. The van der Waals surface area contributed by atoms with Crippen LogP contribution in [0.1, 0.15) is 48.8 Å². The van der Waals surface area contributed by atoms with E-state index < -0.39 is 0 Å². The minimum Gasteiger partial charge on any atom is -0.310 e. The van der Waals surface area contributed by atoms with Crippen LogP contribution in [-0.4, -0.2) is 9.97 Å². The molecule has 0 radical (unpaired) electrons. The molecule has 3 heterocycles. The molecule has 316 valence electrons. The Hall–Kier alpha value is -8.83. The Morgan fingerprint density at radius 3 is 2.03 bits per heavy atom. The van der Waals surface area contributed by atoms with Crippen molar-refractivity contribution < 1.29 is 0 Å². The topological polar surface area (TPSA) is 62.5 Å². The summed E-state index contributed by atoms with van der Waals surface area (Å²) in [6, 6.07) is 44.8. The van der Waals surface area contributed by atoms with Crippen LogP contribution in [0.3, 0.4) is 0 Å². The summed E-state index contributed by atoms with van der Waals surface area (Å²) in [4.78, 5) is 19.5. The number of aryl methyl sites for hydroxylation is 2. The van der Waals surface area contributed by atoms with Crippen molar-refractivity contribution in [1.82, 2.24) is 9.97 Å². The molecule has 0 unspecified atom stereocenters. The lowest BCUT2D eigenvalue weighted by Gasteiger charge is -2.42. The zero-order valence-corrected chi connectivity index (χ0v) is 37.1. The number of allylic oxidation sites excluding steroid dienone is 11. The Balaban J connectivity index is 1.07. The van der Waals surface area contributed by atoms with Crippen molar-refractivity contribution in [3.05, 3.63) is 221 Å². The van der Waals surface area contributed by atoms with Gasteiger partial charge >= 0.3 is 0 Å².